The lowest BCUT2D eigenvalue weighted by atomic mass is 9.79. The van der Waals surface area contributed by atoms with E-state index in [4.69, 9.17) is 5.11 Å². The summed E-state index contributed by atoms with van der Waals surface area (Å²) in [7, 11) is 0. The van der Waals surface area contributed by atoms with E-state index in [1.807, 2.05) is 0 Å². The number of aromatic carboxylic acids is 1. The highest BCUT2D eigenvalue weighted by molar-refractivity contribution is 5.88. The van der Waals surface area contributed by atoms with Gasteiger partial charge in [-0.2, -0.15) is 0 Å². The summed E-state index contributed by atoms with van der Waals surface area (Å²) in [6.07, 6.45) is 3.92. The van der Waals surface area contributed by atoms with Crippen molar-refractivity contribution in [1.29, 1.82) is 0 Å². The minimum Gasteiger partial charge on any atom is -0.477 e. The molecule has 1 aliphatic carbocycles. The Morgan fingerprint density at radius 2 is 1.67 bits per heavy atom. The number of hydrogen-bond acceptors (Lipinski definition) is 1. The second-order valence-electron chi connectivity index (χ2n) is 5.12. The van der Waals surface area contributed by atoms with Gasteiger partial charge in [0.05, 0.1) is 0 Å². The smallest absolute Gasteiger partial charge is 0.341 e. The van der Waals surface area contributed by atoms with E-state index in [9.17, 15) is 13.6 Å². The van der Waals surface area contributed by atoms with Crippen molar-refractivity contribution in [2.24, 2.45) is 5.92 Å². The predicted molar refractivity (Wildman–Crippen MR) is 63.7 cm³/mol. The molecule has 18 heavy (non-hydrogen) atoms. The van der Waals surface area contributed by atoms with Crippen LogP contribution in [-0.4, -0.2) is 11.1 Å². The van der Waals surface area contributed by atoms with Crippen LogP contribution in [0.2, 0.25) is 0 Å². The largest absolute Gasteiger partial charge is 0.477 e. The zero-order chi connectivity index (χ0) is 13.3. The first-order chi connectivity index (χ1) is 8.49. The summed E-state index contributed by atoms with van der Waals surface area (Å²) in [6.45, 7) is 2.17. The highest BCUT2D eigenvalue weighted by Gasteiger charge is 2.24. The first-order valence-electron chi connectivity index (χ1n) is 6.21. The van der Waals surface area contributed by atoms with Gasteiger partial charge >= 0.3 is 5.97 Å². The van der Waals surface area contributed by atoms with Crippen molar-refractivity contribution in [3.05, 3.63) is 34.9 Å². The second kappa shape index (κ2) is 5.04. The number of benzene rings is 1. The quantitative estimate of drug-likeness (QED) is 0.867. The summed E-state index contributed by atoms with van der Waals surface area (Å²) in [5, 5.41) is 8.70. The first-order valence-corrected chi connectivity index (χ1v) is 6.21. The standard InChI is InChI=1S/C14H16F2O2/c1-8-2-4-9(5-3-8)10-6-11(15)13(14(17)18)12(16)7-10/h6-9H,2-5H2,1H3,(H,17,18). The monoisotopic (exact) mass is 254 g/mol. The minimum atomic E-state index is -1.56. The molecule has 0 radical (unpaired) electrons. The summed E-state index contributed by atoms with van der Waals surface area (Å²) in [5.41, 5.74) is -0.273. The molecule has 0 aromatic heterocycles. The fourth-order valence-corrected chi connectivity index (χ4v) is 2.63. The predicted octanol–water partition coefficient (Wildman–Crippen LogP) is 3.96. The summed E-state index contributed by atoms with van der Waals surface area (Å²) in [4.78, 5) is 10.7. The van der Waals surface area contributed by atoms with Crippen LogP contribution in [-0.2, 0) is 0 Å². The van der Waals surface area contributed by atoms with Gasteiger partial charge in [0.2, 0.25) is 0 Å². The lowest BCUT2D eigenvalue weighted by Crippen LogP contribution is -2.13. The first kappa shape index (κ1) is 13.0. The van der Waals surface area contributed by atoms with Crippen LogP contribution in [0.15, 0.2) is 12.1 Å². The number of carbonyl (C=O) groups is 1. The van der Waals surface area contributed by atoms with Gasteiger partial charge in [0.25, 0.3) is 0 Å². The number of halogens is 2. The van der Waals surface area contributed by atoms with Crippen LogP contribution in [0.4, 0.5) is 8.78 Å². The molecule has 1 fully saturated rings. The SMILES string of the molecule is CC1CCC(c2cc(F)c(C(=O)O)c(F)c2)CC1. The summed E-state index contributed by atoms with van der Waals surface area (Å²) in [5.74, 6) is -2.71. The minimum absolute atomic E-state index is 0.146. The van der Waals surface area contributed by atoms with Crippen molar-refractivity contribution in [3.63, 3.8) is 0 Å². The zero-order valence-electron chi connectivity index (χ0n) is 10.2. The Balaban J connectivity index is 2.28. The molecule has 2 rings (SSSR count). The molecule has 4 heteroatoms. The maximum absolute atomic E-state index is 13.6. The van der Waals surface area contributed by atoms with E-state index in [1.54, 1.807) is 0 Å². The van der Waals surface area contributed by atoms with Crippen molar-refractivity contribution in [2.45, 2.75) is 38.5 Å². The van der Waals surface area contributed by atoms with E-state index >= 15 is 0 Å². The van der Waals surface area contributed by atoms with Crippen LogP contribution < -0.4 is 0 Å². The Hall–Kier alpha value is -1.45. The van der Waals surface area contributed by atoms with Crippen LogP contribution in [0.3, 0.4) is 0 Å². The molecular formula is C14H16F2O2. The fourth-order valence-electron chi connectivity index (χ4n) is 2.63. The Kier molecular flexibility index (Phi) is 3.64. The Bertz CT molecular complexity index is 440. The third-order valence-electron chi connectivity index (χ3n) is 3.77. The Morgan fingerprint density at radius 3 is 2.11 bits per heavy atom. The summed E-state index contributed by atoms with van der Waals surface area (Å²) >= 11 is 0. The van der Waals surface area contributed by atoms with E-state index < -0.39 is 23.2 Å². The molecule has 98 valence electrons. The van der Waals surface area contributed by atoms with Crippen LogP contribution in [0.1, 0.15) is 54.4 Å². The molecule has 0 bridgehead atoms. The maximum atomic E-state index is 13.6. The number of carboxylic acid groups (broad SMARTS) is 1. The summed E-state index contributed by atoms with van der Waals surface area (Å²) < 4.78 is 27.1. The molecule has 2 nitrogen and oxygen atoms in total. The Labute approximate surface area is 105 Å². The Morgan fingerprint density at radius 1 is 1.17 bits per heavy atom. The molecule has 1 aromatic rings. The van der Waals surface area contributed by atoms with Gasteiger partial charge in [0.15, 0.2) is 0 Å². The van der Waals surface area contributed by atoms with Gasteiger partial charge in [-0.05, 0) is 42.4 Å². The molecule has 0 spiro atoms. The van der Waals surface area contributed by atoms with Gasteiger partial charge in [-0.3, -0.25) is 0 Å². The van der Waals surface area contributed by atoms with Crippen molar-refractivity contribution in [3.8, 4) is 0 Å². The van der Waals surface area contributed by atoms with E-state index in [1.165, 1.54) is 12.1 Å². The van der Waals surface area contributed by atoms with Crippen molar-refractivity contribution in [1.82, 2.24) is 0 Å². The number of carboxylic acids is 1. The molecule has 0 atom stereocenters. The highest BCUT2D eigenvalue weighted by Crippen LogP contribution is 2.36. The number of rotatable bonds is 2. The van der Waals surface area contributed by atoms with Gasteiger partial charge in [-0.15, -0.1) is 0 Å². The molecule has 1 saturated carbocycles. The topological polar surface area (TPSA) is 37.3 Å². The average Bonchev–Trinajstić information content (AvgIpc) is 2.28. The van der Waals surface area contributed by atoms with E-state index in [0.29, 0.717) is 11.5 Å². The molecule has 0 aliphatic heterocycles. The van der Waals surface area contributed by atoms with Gasteiger partial charge in [-0.25, -0.2) is 13.6 Å². The number of hydrogen-bond donors (Lipinski definition) is 1. The lowest BCUT2D eigenvalue weighted by Gasteiger charge is -2.26. The van der Waals surface area contributed by atoms with Gasteiger partial charge < -0.3 is 5.11 Å². The fraction of sp³-hybridized carbons (Fsp3) is 0.500. The zero-order valence-corrected chi connectivity index (χ0v) is 10.2. The van der Waals surface area contributed by atoms with Crippen LogP contribution in [0, 0.1) is 17.6 Å². The normalized spacial score (nSPS) is 23.9. The van der Waals surface area contributed by atoms with E-state index in [0.717, 1.165) is 25.7 Å². The van der Waals surface area contributed by atoms with Crippen molar-refractivity contribution in [2.75, 3.05) is 0 Å². The molecular weight excluding hydrogens is 238 g/mol. The highest BCUT2D eigenvalue weighted by atomic mass is 19.1. The van der Waals surface area contributed by atoms with Crippen LogP contribution >= 0.6 is 0 Å². The van der Waals surface area contributed by atoms with Crippen molar-refractivity contribution >= 4 is 5.97 Å². The van der Waals surface area contributed by atoms with Crippen molar-refractivity contribution < 1.29 is 18.7 Å². The van der Waals surface area contributed by atoms with Crippen LogP contribution in [0.25, 0.3) is 0 Å². The molecule has 1 N–H and O–H groups in total. The molecule has 0 amide bonds. The molecule has 0 saturated heterocycles. The van der Waals surface area contributed by atoms with E-state index in [2.05, 4.69) is 6.92 Å². The average molecular weight is 254 g/mol. The third kappa shape index (κ3) is 2.52. The molecule has 0 unspecified atom stereocenters. The second-order valence-corrected chi connectivity index (χ2v) is 5.12. The molecule has 1 aliphatic rings. The molecule has 0 heterocycles. The maximum Gasteiger partial charge on any atom is 0.341 e. The third-order valence-corrected chi connectivity index (χ3v) is 3.77. The van der Waals surface area contributed by atoms with E-state index in [-0.39, 0.29) is 5.92 Å². The van der Waals surface area contributed by atoms with Gasteiger partial charge in [0, 0.05) is 0 Å². The van der Waals surface area contributed by atoms with Crippen LogP contribution in [0.5, 0.6) is 0 Å². The lowest BCUT2D eigenvalue weighted by molar-refractivity contribution is 0.0686. The van der Waals surface area contributed by atoms with Gasteiger partial charge in [0.1, 0.15) is 17.2 Å². The molecule has 1 aromatic carbocycles. The van der Waals surface area contributed by atoms with Gasteiger partial charge in [-0.1, -0.05) is 19.8 Å². The summed E-state index contributed by atoms with van der Waals surface area (Å²) in [6, 6.07) is 2.35.